The number of hydrogen-bond donors (Lipinski definition) is 2. The topological polar surface area (TPSA) is 62.4 Å². The molecular weight excluding hydrogens is 178 g/mol. The van der Waals surface area contributed by atoms with Crippen LogP contribution in [0, 0.1) is 5.92 Å². The average Bonchev–Trinajstić information content (AvgIpc) is 2.67. The molecule has 3 N–H and O–H groups in total. The highest BCUT2D eigenvalue weighted by molar-refractivity contribution is 5.48. The molecule has 0 radical (unpaired) electrons. The zero-order valence-corrected chi connectivity index (χ0v) is 8.06. The molecule has 0 spiro atoms. The molecule has 0 amide bonds. The van der Waals surface area contributed by atoms with Crippen molar-refractivity contribution in [2.75, 3.05) is 30.3 Å². The molecule has 1 fully saturated rings. The largest absolute Gasteiger partial charge is 0.396 e. The SMILES string of the molecule is Nc1ccc(N2CC[C@@H](CO)C2)cn1. The molecule has 0 unspecified atom stereocenters. The summed E-state index contributed by atoms with van der Waals surface area (Å²) in [6, 6.07) is 3.78. The normalized spacial score (nSPS) is 21.5. The molecule has 0 bridgehead atoms. The monoisotopic (exact) mass is 193 g/mol. The van der Waals surface area contributed by atoms with Gasteiger partial charge in [0.2, 0.25) is 0 Å². The fourth-order valence-electron chi connectivity index (χ4n) is 1.80. The molecule has 1 saturated heterocycles. The second-order valence-electron chi connectivity index (χ2n) is 3.72. The van der Waals surface area contributed by atoms with Crippen LogP contribution in [0.25, 0.3) is 0 Å². The summed E-state index contributed by atoms with van der Waals surface area (Å²) in [4.78, 5) is 6.28. The number of hydrogen-bond acceptors (Lipinski definition) is 4. The van der Waals surface area contributed by atoms with Crippen LogP contribution in [0.4, 0.5) is 11.5 Å². The van der Waals surface area contributed by atoms with Gasteiger partial charge in [-0.3, -0.25) is 0 Å². The standard InChI is InChI=1S/C10H15N3O/c11-10-2-1-9(5-12-10)13-4-3-8(6-13)7-14/h1-2,5,8,14H,3-4,6-7H2,(H2,11,12)/t8-/m1/s1. The van der Waals surface area contributed by atoms with Crippen molar-refractivity contribution in [1.82, 2.24) is 4.98 Å². The molecule has 1 atom stereocenters. The summed E-state index contributed by atoms with van der Waals surface area (Å²) in [7, 11) is 0. The van der Waals surface area contributed by atoms with Crippen molar-refractivity contribution in [3.05, 3.63) is 18.3 Å². The maximum Gasteiger partial charge on any atom is 0.123 e. The lowest BCUT2D eigenvalue weighted by Crippen LogP contribution is -2.20. The van der Waals surface area contributed by atoms with Crippen molar-refractivity contribution in [3.63, 3.8) is 0 Å². The number of aliphatic hydroxyl groups is 1. The maximum absolute atomic E-state index is 9.01. The Morgan fingerprint density at radius 2 is 2.43 bits per heavy atom. The predicted molar refractivity (Wildman–Crippen MR) is 56.1 cm³/mol. The molecule has 14 heavy (non-hydrogen) atoms. The lowest BCUT2D eigenvalue weighted by Gasteiger charge is -2.17. The number of nitrogen functional groups attached to an aromatic ring is 1. The van der Waals surface area contributed by atoms with E-state index in [1.54, 1.807) is 6.20 Å². The van der Waals surface area contributed by atoms with Crippen molar-refractivity contribution in [1.29, 1.82) is 0 Å². The fourth-order valence-corrected chi connectivity index (χ4v) is 1.80. The molecular formula is C10H15N3O. The van der Waals surface area contributed by atoms with Crippen molar-refractivity contribution in [3.8, 4) is 0 Å². The first kappa shape index (κ1) is 9.27. The van der Waals surface area contributed by atoms with Gasteiger partial charge >= 0.3 is 0 Å². The lowest BCUT2D eigenvalue weighted by molar-refractivity contribution is 0.238. The summed E-state index contributed by atoms with van der Waals surface area (Å²) in [5, 5.41) is 9.01. The Balaban J connectivity index is 2.06. The molecule has 0 aliphatic carbocycles. The smallest absolute Gasteiger partial charge is 0.123 e. The quantitative estimate of drug-likeness (QED) is 0.717. The summed E-state index contributed by atoms with van der Waals surface area (Å²) in [6.45, 7) is 2.19. The third kappa shape index (κ3) is 1.80. The van der Waals surface area contributed by atoms with Crippen molar-refractivity contribution >= 4 is 11.5 Å². The number of rotatable bonds is 2. The van der Waals surface area contributed by atoms with Crippen molar-refractivity contribution < 1.29 is 5.11 Å². The van der Waals surface area contributed by atoms with E-state index in [0.29, 0.717) is 11.7 Å². The lowest BCUT2D eigenvalue weighted by atomic mass is 10.1. The van der Waals surface area contributed by atoms with E-state index in [4.69, 9.17) is 10.8 Å². The Kier molecular flexibility index (Phi) is 2.54. The van der Waals surface area contributed by atoms with E-state index < -0.39 is 0 Å². The van der Waals surface area contributed by atoms with Gasteiger partial charge in [0, 0.05) is 25.6 Å². The zero-order valence-electron chi connectivity index (χ0n) is 8.06. The van der Waals surface area contributed by atoms with Crippen LogP contribution in [0.1, 0.15) is 6.42 Å². The Labute approximate surface area is 83.4 Å². The third-order valence-corrected chi connectivity index (χ3v) is 2.68. The van der Waals surface area contributed by atoms with Gasteiger partial charge in [-0.15, -0.1) is 0 Å². The molecule has 0 saturated carbocycles. The summed E-state index contributed by atoms with van der Waals surface area (Å²) >= 11 is 0. The van der Waals surface area contributed by atoms with Crippen molar-refractivity contribution in [2.24, 2.45) is 5.92 Å². The minimum atomic E-state index is 0.277. The first-order valence-electron chi connectivity index (χ1n) is 4.87. The Morgan fingerprint density at radius 1 is 1.57 bits per heavy atom. The van der Waals surface area contributed by atoms with E-state index in [0.717, 1.165) is 25.2 Å². The van der Waals surface area contributed by atoms with Gasteiger partial charge in [0.1, 0.15) is 5.82 Å². The maximum atomic E-state index is 9.01. The molecule has 1 aliphatic rings. The van der Waals surface area contributed by atoms with E-state index in [-0.39, 0.29) is 6.61 Å². The van der Waals surface area contributed by atoms with Crippen molar-refractivity contribution in [2.45, 2.75) is 6.42 Å². The van der Waals surface area contributed by atoms with E-state index in [1.165, 1.54) is 0 Å². The number of aromatic nitrogens is 1. The molecule has 1 aromatic heterocycles. The summed E-state index contributed by atoms with van der Waals surface area (Å²) < 4.78 is 0. The first-order chi connectivity index (χ1) is 6.79. The van der Waals surface area contributed by atoms with Gasteiger partial charge in [0.15, 0.2) is 0 Å². The minimum absolute atomic E-state index is 0.277. The van der Waals surface area contributed by atoms with Gasteiger partial charge in [0.05, 0.1) is 11.9 Å². The molecule has 0 aromatic carbocycles. The van der Waals surface area contributed by atoms with Crippen LogP contribution < -0.4 is 10.6 Å². The summed E-state index contributed by atoms with van der Waals surface area (Å²) in [5.41, 5.74) is 6.60. The second-order valence-corrected chi connectivity index (χ2v) is 3.72. The fraction of sp³-hybridized carbons (Fsp3) is 0.500. The van der Waals surface area contributed by atoms with Gasteiger partial charge in [-0.1, -0.05) is 0 Å². The number of anilines is 2. The van der Waals surface area contributed by atoms with E-state index in [1.807, 2.05) is 12.1 Å². The van der Waals surface area contributed by atoms with Crippen LogP contribution in [0.5, 0.6) is 0 Å². The van der Waals surface area contributed by atoms with Crippen LogP contribution in [-0.2, 0) is 0 Å². The number of pyridine rings is 1. The van der Waals surface area contributed by atoms with Crippen LogP contribution in [0.15, 0.2) is 18.3 Å². The number of nitrogens with two attached hydrogens (primary N) is 1. The zero-order chi connectivity index (χ0) is 9.97. The molecule has 76 valence electrons. The van der Waals surface area contributed by atoms with Gasteiger partial charge in [0.25, 0.3) is 0 Å². The van der Waals surface area contributed by atoms with E-state index in [9.17, 15) is 0 Å². The van der Waals surface area contributed by atoms with E-state index >= 15 is 0 Å². The van der Waals surface area contributed by atoms with E-state index in [2.05, 4.69) is 9.88 Å². The highest BCUT2D eigenvalue weighted by Gasteiger charge is 2.21. The summed E-state index contributed by atoms with van der Waals surface area (Å²) in [5.74, 6) is 0.958. The Hall–Kier alpha value is -1.29. The predicted octanol–water partition coefficient (Wildman–Crippen LogP) is 0.482. The molecule has 2 rings (SSSR count). The third-order valence-electron chi connectivity index (χ3n) is 2.68. The van der Waals surface area contributed by atoms with Crippen LogP contribution in [0.2, 0.25) is 0 Å². The molecule has 2 heterocycles. The van der Waals surface area contributed by atoms with Gasteiger partial charge in [-0.2, -0.15) is 0 Å². The Morgan fingerprint density at radius 3 is 3.00 bits per heavy atom. The van der Waals surface area contributed by atoms with Gasteiger partial charge < -0.3 is 15.7 Å². The molecule has 1 aromatic rings. The van der Waals surface area contributed by atoms with Crippen LogP contribution in [0.3, 0.4) is 0 Å². The second kappa shape index (κ2) is 3.84. The molecule has 4 heteroatoms. The highest BCUT2D eigenvalue weighted by Crippen LogP contribution is 2.22. The van der Waals surface area contributed by atoms with Gasteiger partial charge in [-0.25, -0.2) is 4.98 Å². The molecule has 1 aliphatic heterocycles. The first-order valence-corrected chi connectivity index (χ1v) is 4.87. The minimum Gasteiger partial charge on any atom is -0.396 e. The highest BCUT2D eigenvalue weighted by atomic mass is 16.3. The molecule has 4 nitrogen and oxygen atoms in total. The summed E-state index contributed by atoms with van der Waals surface area (Å²) in [6.07, 6.45) is 2.84. The Bertz CT molecular complexity index is 299. The number of nitrogens with zero attached hydrogens (tertiary/aromatic N) is 2. The van der Waals surface area contributed by atoms with Crippen LogP contribution in [-0.4, -0.2) is 29.8 Å². The van der Waals surface area contributed by atoms with Crippen LogP contribution >= 0.6 is 0 Å². The number of aliphatic hydroxyl groups excluding tert-OH is 1. The average molecular weight is 193 g/mol. The van der Waals surface area contributed by atoms with Gasteiger partial charge in [-0.05, 0) is 18.6 Å².